The molecule has 14 heavy (non-hydrogen) atoms. The minimum Gasteiger partial charge on any atom is -0.306 e. The van der Waals surface area contributed by atoms with Crippen LogP contribution < -0.4 is 0 Å². The number of aromatic nitrogens is 3. The summed E-state index contributed by atoms with van der Waals surface area (Å²) < 4.78 is 3.19. The quantitative estimate of drug-likeness (QED) is 0.605. The Morgan fingerprint density at radius 2 is 2.29 bits per heavy atom. The zero-order chi connectivity index (χ0) is 9.38. The second kappa shape index (κ2) is 2.92. The molecule has 0 spiro atoms. The number of fused-ring (bicyclic) bond motifs is 1. The van der Waals surface area contributed by atoms with Crippen LogP contribution in [0.25, 0.3) is 15.9 Å². The van der Waals surface area contributed by atoms with Crippen molar-refractivity contribution in [2.24, 2.45) is 0 Å². The van der Waals surface area contributed by atoms with Crippen molar-refractivity contribution in [3.63, 3.8) is 0 Å². The molecule has 0 amide bonds. The van der Waals surface area contributed by atoms with Gasteiger partial charge in [-0.2, -0.15) is 0 Å². The Morgan fingerprint density at radius 3 is 3.14 bits per heavy atom. The molecule has 68 valence electrons. The summed E-state index contributed by atoms with van der Waals surface area (Å²) in [5.41, 5.74) is 4.04. The van der Waals surface area contributed by atoms with E-state index in [4.69, 9.17) is 0 Å². The zero-order valence-corrected chi connectivity index (χ0v) is 8.11. The molecule has 0 N–H and O–H groups in total. The number of benzene rings is 1. The van der Waals surface area contributed by atoms with Crippen LogP contribution in [0.1, 0.15) is 0 Å². The van der Waals surface area contributed by atoms with E-state index in [9.17, 15) is 0 Å². The van der Waals surface area contributed by atoms with Crippen molar-refractivity contribution in [1.29, 1.82) is 0 Å². The van der Waals surface area contributed by atoms with Gasteiger partial charge in [-0.25, -0.2) is 9.97 Å². The highest BCUT2D eigenvalue weighted by atomic mass is 32.1. The van der Waals surface area contributed by atoms with E-state index in [0.29, 0.717) is 0 Å². The third kappa shape index (κ3) is 1.12. The maximum absolute atomic E-state index is 4.23. The van der Waals surface area contributed by atoms with Crippen molar-refractivity contribution in [3.8, 4) is 5.69 Å². The number of hydrogen-bond donors (Lipinski definition) is 0. The lowest BCUT2D eigenvalue weighted by molar-refractivity contribution is 1.06. The predicted molar refractivity (Wildman–Crippen MR) is 56.7 cm³/mol. The van der Waals surface area contributed by atoms with Crippen molar-refractivity contribution in [3.05, 3.63) is 42.4 Å². The molecule has 2 heterocycles. The highest BCUT2D eigenvalue weighted by Gasteiger charge is 1.99. The molecule has 2 aromatic heterocycles. The lowest BCUT2D eigenvalue weighted by Gasteiger charge is -2.00. The fourth-order valence-electron chi connectivity index (χ4n) is 1.42. The second-order valence-corrected chi connectivity index (χ2v) is 3.86. The van der Waals surface area contributed by atoms with Crippen molar-refractivity contribution >= 4 is 21.6 Å². The molecule has 0 bridgehead atoms. The number of rotatable bonds is 1. The Kier molecular flexibility index (Phi) is 1.61. The molecule has 4 heteroatoms. The number of hydrogen-bond acceptors (Lipinski definition) is 3. The van der Waals surface area contributed by atoms with Crippen LogP contribution in [-0.4, -0.2) is 14.5 Å². The monoisotopic (exact) mass is 201 g/mol. The molecule has 0 radical (unpaired) electrons. The third-order valence-corrected chi connectivity index (χ3v) is 2.91. The van der Waals surface area contributed by atoms with E-state index in [-0.39, 0.29) is 0 Å². The van der Waals surface area contributed by atoms with Gasteiger partial charge in [0.25, 0.3) is 0 Å². The maximum Gasteiger partial charge on any atom is 0.0991 e. The first-order valence-corrected chi connectivity index (χ1v) is 5.13. The van der Waals surface area contributed by atoms with Crippen LogP contribution in [0.5, 0.6) is 0 Å². The van der Waals surface area contributed by atoms with Crippen LogP contribution >= 0.6 is 11.3 Å². The van der Waals surface area contributed by atoms with Gasteiger partial charge in [0, 0.05) is 18.1 Å². The fourth-order valence-corrected chi connectivity index (χ4v) is 2.13. The van der Waals surface area contributed by atoms with Gasteiger partial charge in [0.2, 0.25) is 0 Å². The third-order valence-electron chi connectivity index (χ3n) is 2.12. The molecule has 0 fully saturated rings. The Morgan fingerprint density at radius 1 is 1.29 bits per heavy atom. The molecule has 0 saturated carbocycles. The Bertz CT molecular complexity index is 554. The molecular weight excluding hydrogens is 194 g/mol. The largest absolute Gasteiger partial charge is 0.306 e. The summed E-state index contributed by atoms with van der Waals surface area (Å²) in [6.07, 6.45) is 5.50. The standard InChI is InChI=1S/C10H7N3S/c1-2-9-10(14-7-12-9)5-8(1)13-4-3-11-6-13/h1-7H. The van der Waals surface area contributed by atoms with Gasteiger partial charge in [0.15, 0.2) is 0 Å². The van der Waals surface area contributed by atoms with Gasteiger partial charge < -0.3 is 4.57 Å². The predicted octanol–water partition coefficient (Wildman–Crippen LogP) is 2.48. The Hall–Kier alpha value is -1.68. The van der Waals surface area contributed by atoms with E-state index in [0.717, 1.165) is 11.2 Å². The van der Waals surface area contributed by atoms with Crippen LogP contribution in [0, 0.1) is 0 Å². The summed E-state index contributed by atoms with van der Waals surface area (Å²) in [4.78, 5) is 8.25. The molecule has 0 saturated heterocycles. The lowest BCUT2D eigenvalue weighted by atomic mass is 10.3. The van der Waals surface area contributed by atoms with Crippen LogP contribution in [0.15, 0.2) is 42.4 Å². The summed E-state index contributed by atoms with van der Waals surface area (Å²) in [5.74, 6) is 0. The fraction of sp³-hybridized carbons (Fsp3) is 0. The first-order chi connectivity index (χ1) is 6.93. The minimum atomic E-state index is 1.05. The van der Waals surface area contributed by atoms with Crippen molar-refractivity contribution in [2.45, 2.75) is 0 Å². The average Bonchev–Trinajstić information content (AvgIpc) is 2.88. The number of imidazole rings is 1. The molecular formula is C10H7N3S. The van der Waals surface area contributed by atoms with Gasteiger partial charge in [-0.1, -0.05) is 0 Å². The minimum absolute atomic E-state index is 1.05. The van der Waals surface area contributed by atoms with Gasteiger partial charge in [0.05, 0.1) is 22.1 Å². The summed E-state index contributed by atoms with van der Waals surface area (Å²) in [6.45, 7) is 0. The first kappa shape index (κ1) is 7.70. The summed E-state index contributed by atoms with van der Waals surface area (Å²) >= 11 is 1.65. The van der Waals surface area contributed by atoms with Crippen molar-refractivity contribution in [1.82, 2.24) is 14.5 Å². The molecule has 0 aliphatic rings. The highest BCUT2D eigenvalue weighted by Crippen LogP contribution is 2.20. The van der Waals surface area contributed by atoms with Crippen LogP contribution in [0.3, 0.4) is 0 Å². The van der Waals surface area contributed by atoms with Crippen molar-refractivity contribution in [2.75, 3.05) is 0 Å². The second-order valence-electron chi connectivity index (χ2n) is 2.97. The molecule has 0 aliphatic heterocycles. The van der Waals surface area contributed by atoms with Gasteiger partial charge in [0.1, 0.15) is 0 Å². The average molecular weight is 201 g/mol. The number of nitrogens with zero attached hydrogens (tertiary/aromatic N) is 3. The molecule has 0 unspecified atom stereocenters. The lowest BCUT2D eigenvalue weighted by Crippen LogP contribution is -1.88. The summed E-state index contributed by atoms with van der Waals surface area (Å²) in [7, 11) is 0. The molecule has 3 rings (SSSR count). The Labute approximate surface area is 84.7 Å². The van der Waals surface area contributed by atoms with Crippen LogP contribution in [-0.2, 0) is 0 Å². The molecule has 0 aliphatic carbocycles. The zero-order valence-electron chi connectivity index (χ0n) is 7.29. The summed E-state index contributed by atoms with van der Waals surface area (Å²) in [5, 5.41) is 0. The molecule has 3 nitrogen and oxygen atoms in total. The SMILES string of the molecule is c1cn(-c2ccc3ncsc3c2)cn1. The van der Waals surface area contributed by atoms with Crippen molar-refractivity contribution < 1.29 is 0 Å². The maximum atomic E-state index is 4.23. The normalized spacial score (nSPS) is 10.9. The molecule has 0 atom stereocenters. The van der Waals surface area contributed by atoms with Crippen LogP contribution in [0.2, 0.25) is 0 Å². The van der Waals surface area contributed by atoms with E-state index < -0.39 is 0 Å². The number of thiazole rings is 1. The van der Waals surface area contributed by atoms with E-state index in [1.807, 2.05) is 28.4 Å². The highest BCUT2D eigenvalue weighted by molar-refractivity contribution is 7.16. The van der Waals surface area contributed by atoms with Crippen LogP contribution in [0.4, 0.5) is 0 Å². The molecule has 1 aromatic carbocycles. The van der Waals surface area contributed by atoms with Gasteiger partial charge in [-0.3, -0.25) is 0 Å². The topological polar surface area (TPSA) is 30.7 Å². The molecule has 3 aromatic rings. The Balaban J connectivity index is 2.23. The van der Waals surface area contributed by atoms with E-state index in [1.54, 1.807) is 23.9 Å². The van der Waals surface area contributed by atoms with Gasteiger partial charge in [-0.15, -0.1) is 11.3 Å². The van der Waals surface area contributed by atoms with E-state index in [1.165, 1.54) is 4.70 Å². The van der Waals surface area contributed by atoms with E-state index in [2.05, 4.69) is 16.0 Å². The van der Waals surface area contributed by atoms with E-state index >= 15 is 0 Å². The summed E-state index contributed by atoms with van der Waals surface area (Å²) in [6, 6.07) is 6.19. The van der Waals surface area contributed by atoms with Gasteiger partial charge in [-0.05, 0) is 18.2 Å². The smallest absolute Gasteiger partial charge is 0.0991 e. The first-order valence-electron chi connectivity index (χ1n) is 4.25. The van der Waals surface area contributed by atoms with Gasteiger partial charge >= 0.3 is 0 Å².